The molecule has 2 fully saturated rings. The van der Waals surface area contributed by atoms with Gasteiger partial charge < -0.3 is 24.4 Å². The lowest BCUT2D eigenvalue weighted by Crippen LogP contribution is -3.17. The molecule has 2 saturated heterocycles. The average molecular weight is 487 g/mol. The summed E-state index contributed by atoms with van der Waals surface area (Å²) in [5.41, 5.74) is -0.693. The number of carboxylic acid groups (broad SMARTS) is 1. The number of ether oxygens (including phenoxy) is 2. The minimum atomic E-state index is -1.08. The number of carboxylic acids is 1. The third kappa shape index (κ3) is 9.09. The molecule has 11 heteroatoms. The van der Waals surface area contributed by atoms with Crippen LogP contribution >= 0.6 is 0 Å². The molecular weight excluding hydrogens is 446 g/mol. The van der Waals surface area contributed by atoms with E-state index in [9.17, 15) is 19.2 Å². The number of piperidine rings is 1. The maximum absolute atomic E-state index is 13.3. The predicted molar refractivity (Wildman–Crippen MR) is 121 cm³/mol. The Balaban J connectivity index is 2.23. The molecule has 2 heterocycles. The van der Waals surface area contributed by atoms with Crippen LogP contribution in [-0.2, 0) is 28.7 Å². The first-order valence-electron chi connectivity index (χ1n) is 12.0. The molecular formula is C23H40N3O8+2. The van der Waals surface area contributed by atoms with Gasteiger partial charge in [0.15, 0.2) is 6.04 Å². The lowest BCUT2D eigenvalue weighted by Gasteiger charge is -2.39. The van der Waals surface area contributed by atoms with Crippen LogP contribution in [0.4, 0.5) is 4.79 Å². The SMILES string of the molecule is CC(C)C[NH+](OC(=[O+])CCC(=O)O)[C@H]1C[C@@H](C(=O)N2CCOCC2)CN(C(=O)OC(C)(C)C)C1. The van der Waals surface area contributed by atoms with E-state index in [2.05, 4.69) is 0 Å². The fourth-order valence-electron chi connectivity index (χ4n) is 4.13. The van der Waals surface area contributed by atoms with Crippen molar-refractivity contribution in [2.45, 2.75) is 65.5 Å². The zero-order valence-corrected chi connectivity index (χ0v) is 21.0. The van der Waals surface area contributed by atoms with Gasteiger partial charge in [-0.05, 0) is 20.8 Å². The van der Waals surface area contributed by atoms with Gasteiger partial charge in [0.1, 0.15) is 18.6 Å². The van der Waals surface area contributed by atoms with Gasteiger partial charge in [0.2, 0.25) is 5.91 Å². The summed E-state index contributed by atoms with van der Waals surface area (Å²) in [7, 11) is 0. The number of aliphatic carboxylic acids is 1. The molecule has 0 saturated carbocycles. The summed E-state index contributed by atoms with van der Waals surface area (Å²) >= 11 is 0. The first-order valence-corrected chi connectivity index (χ1v) is 12.0. The Kier molecular flexibility index (Phi) is 10.1. The first kappa shape index (κ1) is 27.8. The average Bonchev–Trinajstić information content (AvgIpc) is 2.75. The Morgan fingerprint density at radius 1 is 1.12 bits per heavy atom. The summed E-state index contributed by atoms with van der Waals surface area (Å²) in [6.07, 6.45) is -0.641. The summed E-state index contributed by atoms with van der Waals surface area (Å²) in [5.74, 6) is -2.06. The smallest absolute Gasteiger partial charge is 0.481 e. The van der Waals surface area contributed by atoms with Gasteiger partial charge in [-0.15, -0.1) is 0 Å². The molecule has 0 aromatic heterocycles. The normalized spacial score (nSPS) is 22.3. The highest BCUT2D eigenvalue weighted by atomic mass is 16.7. The van der Waals surface area contributed by atoms with Crippen molar-refractivity contribution in [2.75, 3.05) is 45.9 Å². The molecule has 2 aliphatic heterocycles. The molecule has 2 aliphatic rings. The molecule has 1 unspecified atom stereocenters. The summed E-state index contributed by atoms with van der Waals surface area (Å²) in [4.78, 5) is 58.3. The van der Waals surface area contributed by atoms with E-state index in [1.807, 2.05) is 13.8 Å². The minimum absolute atomic E-state index is 0.0531. The van der Waals surface area contributed by atoms with Gasteiger partial charge in [-0.2, -0.15) is 0 Å². The second-order valence-corrected chi connectivity index (χ2v) is 10.4. The van der Waals surface area contributed by atoms with E-state index >= 15 is 0 Å². The first-order chi connectivity index (χ1) is 15.9. The molecule has 34 heavy (non-hydrogen) atoms. The number of likely N-dealkylation sites (tertiary alicyclic amines) is 1. The fraction of sp³-hybridized carbons (Fsp3) is 0.826. The minimum Gasteiger partial charge on any atom is -0.481 e. The lowest BCUT2D eigenvalue weighted by atomic mass is 9.92. The Labute approximate surface area is 201 Å². The molecule has 0 spiro atoms. The van der Waals surface area contributed by atoms with Crippen LogP contribution in [0.3, 0.4) is 0 Å². The summed E-state index contributed by atoms with van der Waals surface area (Å²) in [6.45, 7) is 12.2. The van der Waals surface area contributed by atoms with Crippen molar-refractivity contribution in [1.82, 2.24) is 9.80 Å². The van der Waals surface area contributed by atoms with Gasteiger partial charge in [-0.25, -0.2) is 4.79 Å². The Hall–Kier alpha value is -2.40. The van der Waals surface area contributed by atoms with Crippen LogP contribution in [0.1, 0.15) is 53.9 Å². The second-order valence-electron chi connectivity index (χ2n) is 10.4. The number of hydrogen-bond donors (Lipinski definition) is 2. The molecule has 0 bridgehead atoms. The number of morpholine rings is 1. The zero-order valence-electron chi connectivity index (χ0n) is 21.0. The standard InChI is InChI=1S/C23H39N3O8/c1-16(2)13-26(34-20(29)7-6-19(27)28)18-12-17(21(30)24-8-10-32-11-9-24)14-25(15-18)22(31)33-23(3,4)5/h16-18H,6-15H2,1-5H3,(H,27,28)/q+1/p+1/t17-,18+/m1/s1. The maximum atomic E-state index is 13.3. The van der Waals surface area contributed by atoms with Crippen molar-refractivity contribution in [3.63, 3.8) is 0 Å². The molecule has 2 amide bonds. The Morgan fingerprint density at radius 3 is 2.32 bits per heavy atom. The van der Waals surface area contributed by atoms with Crippen molar-refractivity contribution < 1.29 is 43.7 Å². The van der Waals surface area contributed by atoms with E-state index < -0.39 is 29.6 Å². The van der Waals surface area contributed by atoms with Crippen LogP contribution in [-0.4, -0.2) is 96.4 Å². The van der Waals surface area contributed by atoms with Gasteiger partial charge in [-0.3, -0.25) is 9.59 Å². The third-order valence-corrected chi connectivity index (χ3v) is 5.63. The zero-order chi connectivity index (χ0) is 25.5. The number of amides is 2. The van der Waals surface area contributed by atoms with Crippen LogP contribution < -0.4 is 5.06 Å². The topological polar surface area (TPSA) is 130 Å². The van der Waals surface area contributed by atoms with Crippen molar-refractivity contribution in [3.8, 4) is 0 Å². The monoisotopic (exact) mass is 486 g/mol. The van der Waals surface area contributed by atoms with Gasteiger partial charge in [-0.1, -0.05) is 23.7 Å². The number of nitrogens with one attached hydrogen (secondary N) is 1. The van der Waals surface area contributed by atoms with Gasteiger partial charge in [0.05, 0.1) is 36.9 Å². The maximum Gasteiger partial charge on any atom is 0.639 e. The molecule has 0 aromatic rings. The quantitative estimate of drug-likeness (QED) is 0.371. The van der Waals surface area contributed by atoms with Crippen molar-refractivity contribution in [2.24, 2.45) is 11.8 Å². The van der Waals surface area contributed by atoms with Crippen molar-refractivity contribution in [3.05, 3.63) is 0 Å². The molecule has 11 nitrogen and oxygen atoms in total. The van der Waals surface area contributed by atoms with Crippen LogP contribution in [0.2, 0.25) is 0 Å². The van der Waals surface area contributed by atoms with Crippen LogP contribution in [0.5, 0.6) is 0 Å². The summed E-state index contributed by atoms with van der Waals surface area (Å²) < 4.78 is 10.9. The van der Waals surface area contributed by atoms with E-state index in [4.69, 9.17) is 19.4 Å². The number of quaternary nitrogens is 1. The molecule has 2 N–H and O–H groups in total. The largest absolute Gasteiger partial charge is 0.639 e. The highest BCUT2D eigenvalue weighted by molar-refractivity contribution is 5.80. The molecule has 1 radical (unpaired) electrons. The van der Waals surface area contributed by atoms with E-state index in [1.54, 1.807) is 25.7 Å². The second kappa shape index (κ2) is 12.3. The van der Waals surface area contributed by atoms with E-state index in [1.165, 1.54) is 4.90 Å². The van der Waals surface area contributed by atoms with Crippen molar-refractivity contribution in [1.29, 1.82) is 0 Å². The molecule has 0 aromatic carbocycles. The summed E-state index contributed by atoms with van der Waals surface area (Å²) in [5, 5.41) is 9.36. The van der Waals surface area contributed by atoms with Gasteiger partial charge in [0, 0.05) is 32.0 Å². The lowest BCUT2D eigenvalue weighted by molar-refractivity contribution is -1.10. The highest BCUT2D eigenvalue weighted by Crippen LogP contribution is 2.22. The fourth-order valence-corrected chi connectivity index (χ4v) is 4.13. The van der Waals surface area contributed by atoms with Crippen LogP contribution in [0.25, 0.3) is 0 Å². The number of nitrogens with zero attached hydrogens (tertiary/aromatic N) is 2. The van der Waals surface area contributed by atoms with E-state index in [0.717, 1.165) is 0 Å². The van der Waals surface area contributed by atoms with E-state index in [0.29, 0.717) is 44.3 Å². The predicted octanol–water partition coefficient (Wildman–Crippen LogP) is 0.335. The molecule has 2 rings (SSSR count). The summed E-state index contributed by atoms with van der Waals surface area (Å²) in [6, 6.07) is -0.354. The van der Waals surface area contributed by atoms with Crippen LogP contribution in [0.15, 0.2) is 0 Å². The van der Waals surface area contributed by atoms with Crippen molar-refractivity contribution >= 4 is 23.9 Å². The van der Waals surface area contributed by atoms with Gasteiger partial charge in [0.25, 0.3) is 0 Å². The third-order valence-electron chi connectivity index (χ3n) is 5.63. The number of hydrogen-bond acceptors (Lipinski definition) is 7. The molecule has 3 atom stereocenters. The van der Waals surface area contributed by atoms with Crippen LogP contribution in [0, 0.1) is 11.8 Å². The Morgan fingerprint density at radius 2 is 1.76 bits per heavy atom. The number of carbonyl (C=O) groups excluding carboxylic acids is 3. The van der Waals surface area contributed by atoms with Gasteiger partial charge >= 0.3 is 18.0 Å². The molecule has 0 aliphatic carbocycles. The Bertz CT molecular complexity index is 730. The number of hydroxylamine groups is 2. The highest BCUT2D eigenvalue weighted by Gasteiger charge is 2.45. The molecule has 193 valence electrons. The number of carbonyl (C=O) groups is 4. The number of rotatable bonds is 8. The van der Waals surface area contributed by atoms with E-state index in [-0.39, 0.29) is 43.8 Å².